The summed E-state index contributed by atoms with van der Waals surface area (Å²) < 4.78 is 17.7. The lowest BCUT2D eigenvalue weighted by molar-refractivity contribution is -0.123. The van der Waals surface area contributed by atoms with Gasteiger partial charge in [-0.2, -0.15) is 10.1 Å². The number of amides is 1. The molecule has 1 heterocycles. The van der Waals surface area contributed by atoms with Gasteiger partial charge >= 0.3 is 0 Å². The fraction of sp³-hybridized carbons (Fsp3) is 0.348. The standard InChI is InChI=1S/C23H26N2O4S2/c1-15(2)18-7-5-16(3)11-20(18)29-10-9-28-19-8-6-17(12-21(19)27-4)13-24-25-22(26)14-31-23(25)30/h5-8,11-13,15H,9-10,14H2,1-4H3/b24-13+. The van der Waals surface area contributed by atoms with Crippen molar-refractivity contribution in [1.29, 1.82) is 0 Å². The third-order valence-corrected chi connectivity index (χ3v) is 5.97. The van der Waals surface area contributed by atoms with E-state index in [1.54, 1.807) is 19.4 Å². The Morgan fingerprint density at radius 2 is 1.87 bits per heavy atom. The van der Waals surface area contributed by atoms with Crippen molar-refractivity contribution in [3.05, 3.63) is 53.1 Å². The van der Waals surface area contributed by atoms with E-state index in [9.17, 15) is 4.79 Å². The maximum Gasteiger partial charge on any atom is 0.259 e. The molecule has 1 fully saturated rings. The third kappa shape index (κ3) is 5.98. The van der Waals surface area contributed by atoms with Crippen molar-refractivity contribution >= 4 is 40.4 Å². The fourth-order valence-electron chi connectivity index (χ4n) is 3.01. The zero-order valence-electron chi connectivity index (χ0n) is 18.1. The van der Waals surface area contributed by atoms with Crippen LogP contribution in [0.25, 0.3) is 0 Å². The van der Waals surface area contributed by atoms with E-state index in [1.807, 2.05) is 12.1 Å². The molecule has 0 saturated carbocycles. The molecule has 6 nitrogen and oxygen atoms in total. The summed E-state index contributed by atoms with van der Waals surface area (Å²) in [4.78, 5) is 11.8. The first-order chi connectivity index (χ1) is 14.9. The minimum absolute atomic E-state index is 0.118. The summed E-state index contributed by atoms with van der Waals surface area (Å²) in [7, 11) is 1.58. The van der Waals surface area contributed by atoms with Gasteiger partial charge in [0.25, 0.3) is 5.91 Å². The summed E-state index contributed by atoms with van der Waals surface area (Å²) in [6.45, 7) is 7.14. The van der Waals surface area contributed by atoms with E-state index in [4.69, 9.17) is 26.4 Å². The Labute approximate surface area is 192 Å². The molecule has 0 aromatic heterocycles. The lowest BCUT2D eigenvalue weighted by atomic mass is 10.0. The van der Waals surface area contributed by atoms with Crippen molar-refractivity contribution in [3.63, 3.8) is 0 Å². The van der Waals surface area contributed by atoms with Gasteiger partial charge in [-0.15, -0.1) is 0 Å². The molecule has 3 rings (SSSR count). The molecule has 0 aliphatic carbocycles. The molecule has 31 heavy (non-hydrogen) atoms. The van der Waals surface area contributed by atoms with Crippen LogP contribution in [0.15, 0.2) is 41.5 Å². The van der Waals surface area contributed by atoms with Crippen molar-refractivity contribution in [2.45, 2.75) is 26.7 Å². The van der Waals surface area contributed by atoms with Crippen LogP contribution in [0.5, 0.6) is 17.2 Å². The molecule has 0 N–H and O–H groups in total. The van der Waals surface area contributed by atoms with E-state index in [1.165, 1.54) is 22.3 Å². The van der Waals surface area contributed by atoms with Crippen molar-refractivity contribution < 1.29 is 19.0 Å². The summed E-state index contributed by atoms with van der Waals surface area (Å²) >= 11 is 6.43. The van der Waals surface area contributed by atoms with Gasteiger partial charge in [-0.25, -0.2) is 0 Å². The molecule has 2 aromatic rings. The number of benzene rings is 2. The Kier molecular flexibility index (Phi) is 7.92. The Morgan fingerprint density at radius 3 is 2.52 bits per heavy atom. The molecule has 0 atom stereocenters. The average Bonchev–Trinajstić information content (AvgIpc) is 3.07. The topological polar surface area (TPSA) is 60.4 Å². The number of rotatable bonds is 9. The highest BCUT2D eigenvalue weighted by molar-refractivity contribution is 8.23. The first-order valence-corrected chi connectivity index (χ1v) is 11.4. The number of aryl methyl sites for hydroxylation is 1. The van der Waals surface area contributed by atoms with Crippen molar-refractivity contribution in [3.8, 4) is 17.2 Å². The van der Waals surface area contributed by atoms with Gasteiger partial charge in [-0.3, -0.25) is 4.79 Å². The van der Waals surface area contributed by atoms with Gasteiger partial charge in [0.2, 0.25) is 0 Å². The van der Waals surface area contributed by atoms with Crippen LogP contribution in [0, 0.1) is 6.92 Å². The molecule has 0 spiro atoms. The molecule has 2 aromatic carbocycles. The van der Waals surface area contributed by atoms with Gasteiger partial charge in [0.1, 0.15) is 19.0 Å². The van der Waals surface area contributed by atoms with Crippen LogP contribution >= 0.6 is 24.0 Å². The Morgan fingerprint density at radius 1 is 1.13 bits per heavy atom. The highest BCUT2D eigenvalue weighted by Crippen LogP contribution is 2.29. The van der Waals surface area contributed by atoms with Gasteiger partial charge in [-0.1, -0.05) is 50.0 Å². The maximum atomic E-state index is 11.8. The molecular formula is C23H26N2O4S2. The second-order valence-corrected chi connectivity index (χ2v) is 8.92. The van der Waals surface area contributed by atoms with Crippen LogP contribution in [-0.2, 0) is 4.79 Å². The molecule has 0 unspecified atom stereocenters. The number of hydrazone groups is 1. The van der Waals surface area contributed by atoms with Gasteiger partial charge in [0.05, 0.1) is 19.1 Å². The van der Waals surface area contributed by atoms with Crippen molar-refractivity contribution in [2.24, 2.45) is 5.10 Å². The number of ether oxygens (including phenoxy) is 3. The third-order valence-electron chi connectivity index (χ3n) is 4.63. The quantitative estimate of drug-likeness (QED) is 0.306. The van der Waals surface area contributed by atoms with Crippen LogP contribution in [0.3, 0.4) is 0 Å². The zero-order chi connectivity index (χ0) is 22.4. The number of methoxy groups -OCH3 is 1. The SMILES string of the molecule is COc1cc(/C=N/N2C(=O)CSC2=S)ccc1OCCOc1cc(C)ccc1C(C)C. The second-order valence-electron chi connectivity index (χ2n) is 7.31. The maximum absolute atomic E-state index is 11.8. The monoisotopic (exact) mass is 458 g/mol. The predicted octanol–water partition coefficient (Wildman–Crippen LogP) is 4.78. The summed E-state index contributed by atoms with van der Waals surface area (Å²) in [6, 6.07) is 11.7. The van der Waals surface area contributed by atoms with E-state index in [0.717, 1.165) is 16.9 Å². The first-order valence-electron chi connectivity index (χ1n) is 9.97. The lowest BCUT2D eigenvalue weighted by Gasteiger charge is -2.16. The molecule has 1 amide bonds. The number of hydrogen-bond donors (Lipinski definition) is 0. The van der Waals surface area contributed by atoms with Crippen LogP contribution < -0.4 is 14.2 Å². The summed E-state index contributed by atoms with van der Waals surface area (Å²) in [6.07, 6.45) is 1.58. The summed E-state index contributed by atoms with van der Waals surface area (Å²) in [5.41, 5.74) is 3.12. The Bertz CT molecular complexity index is 976. The average molecular weight is 459 g/mol. The molecule has 0 bridgehead atoms. The fourth-order valence-corrected chi connectivity index (χ4v) is 3.98. The summed E-state index contributed by atoms with van der Waals surface area (Å²) in [5.74, 6) is 2.67. The number of carbonyl (C=O) groups is 1. The van der Waals surface area contributed by atoms with E-state index in [-0.39, 0.29) is 5.91 Å². The Hall–Kier alpha value is -2.58. The highest BCUT2D eigenvalue weighted by atomic mass is 32.2. The van der Waals surface area contributed by atoms with Gasteiger partial charge in [-0.05, 0) is 53.8 Å². The van der Waals surface area contributed by atoms with E-state index < -0.39 is 0 Å². The van der Waals surface area contributed by atoms with Crippen LogP contribution in [-0.4, -0.2) is 47.5 Å². The Balaban J connectivity index is 1.59. The second kappa shape index (κ2) is 10.6. The smallest absolute Gasteiger partial charge is 0.259 e. The minimum atomic E-state index is -0.118. The van der Waals surface area contributed by atoms with Gasteiger partial charge < -0.3 is 14.2 Å². The largest absolute Gasteiger partial charge is 0.493 e. The highest BCUT2D eigenvalue weighted by Gasteiger charge is 2.26. The lowest BCUT2D eigenvalue weighted by Crippen LogP contribution is -2.22. The predicted molar refractivity (Wildman–Crippen MR) is 129 cm³/mol. The molecule has 8 heteroatoms. The van der Waals surface area contributed by atoms with Crippen LogP contribution in [0.1, 0.15) is 36.5 Å². The van der Waals surface area contributed by atoms with Gasteiger partial charge in [0, 0.05) is 0 Å². The van der Waals surface area contributed by atoms with E-state index >= 15 is 0 Å². The van der Waals surface area contributed by atoms with Crippen LogP contribution in [0.4, 0.5) is 0 Å². The number of thiocarbonyl (C=S) groups is 1. The number of thioether (sulfide) groups is 1. The molecule has 1 aliphatic heterocycles. The summed E-state index contributed by atoms with van der Waals surface area (Å²) in [5, 5.41) is 5.42. The number of nitrogens with zero attached hydrogens (tertiary/aromatic N) is 2. The molecule has 1 aliphatic rings. The molecular weight excluding hydrogens is 432 g/mol. The molecule has 1 saturated heterocycles. The minimum Gasteiger partial charge on any atom is -0.493 e. The van der Waals surface area contributed by atoms with E-state index in [2.05, 4.69) is 44.1 Å². The number of carbonyl (C=O) groups excluding carboxylic acids is 1. The first kappa shape index (κ1) is 23.1. The zero-order valence-corrected chi connectivity index (χ0v) is 19.7. The van der Waals surface area contributed by atoms with Gasteiger partial charge in [0.15, 0.2) is 15.8 Å². The van der Waals surface area contributed by atoms with Crippen molar-refractivity contribution in [1.82, 2.24) is 5.01 Å². The number of hydrogen-bond acceptors (Lipinski definition) is 7. The molecule has 164 valence electrons. The normalized spacial score (nSPS) is 14.0. The van der Waals surface area contributed by atoms with E-state index in [0.29, 0.717) is 40.7 Å². The molecule has 0 radical (unpaired) electrons. The van der Waals surface area contributed by atoms with Crippen molar-refractivity contribution in [2.75, 3.05) is 26.1 Å². The van der Waals surface area contributed by atoms with Crippen LogP contribution in [0.2, 0.25) is 0 Å².